The van der Waals surface area contributed by atoms with Crippen molar-refractivity contribution in [3.8, 4) is 0 Å². The number of carbonyl (C=O) groups excluding carboxylic acids is 1. The van der Waals surface area contributed by atoms with Gasteiger partial charge in [0.15, 0.2) is 0 Å². The van der Waals surface area contributed by atoms with Gasteiger partial charge in [-0.2, -0.15) is 0 Å². The van der Waals surface area contributed by atoms with E-state index < -0.39 is 12.1 Å². The summed E-state index contributed by atoms with van der Waals surface area (Å²) in [5, 5.41) is 23.1. The Bertz CT molecular complexity index is 686. The van der Waals surface area contributed by atoms with Crippen LogP contribution in [0.5, 0.6) is 0 Å². The molecule has 2 atom stereocenters. The lowest BCUT2D eigenvalue weighted by Crippen LogP contribution is -2.45. The van der Waals surface area contributed by atoms with Crippen molar-refractivity contribution < 1.29 is 15.0 Å². The van der Waals surface area contributed by atoms with Crippen LogP contribution in [0, 0.1) is 0 Å². The molecule has 0 saturated carbocycles. The number of unbranched alkanes of at least 4 members (excludes halogenated alkanes) is 22. The largest absolute Gasteiger partial charge is 0.394 e. The maximum Gasteiger partial charge on any atom is 0.220 e. The molecule has 0 aromatic carbocycles. The molecule has 0 radical (unpaired) electrons. The van der Waals surface area contributed by atoms with E-state index in [-0.39, 0.29) is 12.5 Å². The highest BCUT2D eigenvalue weighted by molar-refractivity contribution is 5.76. The quantitative estimate of drug-likeness (QED) is 0.0481. The number of hydrogen-bond acceptors (Lipinski definition) is 3. The minimum atomic E-state index is -0.662. The van der Waals surface area contributed by atoms with Crippen LogP contribution in [0.2, 0.25) is 0 Å². The third kappa shape index (κ3) is 33.8. The van der Waals surface area contributed by atoms with Crippen LogP contribution >= 0.6 is 0 Å². The first-order valence-corrected chi connectivity index (χ1v) is 19.7. The number of hydrogen-bond donors (Lipinski definition) is 3. The average molecular weight is 632 g/mol. The molecule has 3 N–H and O–H groups in total. The van der Waals surface area contributed by atoms with Crippen molar-refractivity contribution in [1.82, 2.24) is 5.32 Å². The van der Waals surface area contributed by atoms with Crippen molar-refractivity contribution in [1.29, 1.82) is 0 Å². The van der Waals surface area contributed by atoms with Gasteiger partial charge in [0, 0.05) is 6.42 Å². The van der Waals surface area contributed by atoms with Gasteiger partial charge in [-0.15, -0.1) is 0 Å². The van der Waals surface area contributed by atoms with E-state index in [4.69, 9.17) is 0 Å². The Morgan fingerprint density at radius 1 is 0.556 bits per heavy atom. The molecule has 0 heterocycles. The molecule has 0 aromatic heterocycles. The molecule has 0 aromatic rings. The smallest absolute Gasteiger partial charge is 0.220 e. The van der Waals surface area contributed by atoms with Crippen molar-refractivity contribution in [2.24, 2.45) is 0 Å². The van der Waals surface area contributed by atoms with Crippen molar-refractivity contribution >= 4 is 5.91 Å². The Balaban J connectivity index is 3.57. The normalized spacial score (nSPS) is 13.4. The molecule has 2 unspecified atom stereocenters. The van der Waals surface area contributed by atoms with Crippen LogP contribution in [-0.4, -0.2) is 34.9 Å². The molecule has 264 valence electrons. The summed E-state index contributed by atoms with van der Waals surface area (Å²) < 4.78 is 0. The Morgan fingerprint density at radius 2 is 0.978 bits per heavy atom. The van der Waals surface area contributed by atoms with Gasteiger partial charge in [0.05, 0.1) is 18.8 Å². The number of rotatable bonds is 35. The minimum Gasteiger partial charge on any atom is -0.394 e. The zero-order valence-corrected chi connectivity index (χ0v) is 30.1. The Labute approximate surface area is 281 Å². The van der Waals surface area contributed by atoms with E-state index >= 15 is 0 Å². The number of aliphatic hydroxyl groups excluding tert-OH is 2. The molecule has 0 saturated heterocycles. The minimum absolute atomic E-state index is 0.0425. The summed E-state index contributed by atoms with van der Waals surface area (Å²) in [5.41, 5.74) is 0. The lowest BCUT2D eigenvalue weighted by Gasteiger charge is -2.22. The van der Waals surface area contributed by atoms with Gasteiger partial charge < -0.3 is 15.5 Å². The predicted molar refractivity (Wildman–Crippen MR) is 198 cm³/mol. The van der Waals surface area contributed by atoms with Crippen LogP contribution in [0.4, 0.5) is 0 Å². The van der Waals surface area contributed by atoms with Crippen LogP contribution in [0.25, 0.3) is 0 Å². The lowest BCUT2D eigenvalue weighted by molar-refractivity contribution is -0.123. The summed E-state index contributed by atoms with van der Waals surface area (Å²) in [4.78, 5) is 12.4. The molecule has 0 aliphatic carbocycles. The molecule has 45 heavy (non-hydrogen) atoms. The Hall–Kier alpha value is -1.39. The first-order chi connectivity index (χ1) is 22.2. The second-order valence-electron chi connectivity index (χ2n) is 13.3. The lowest BCUT2D eigenvalue weighted by atomic mass is 10.0. The summed E-state index contributed by atoms with van der Waals surface area (Å²) in [6.45, 7) is 4.24. The van der Waals surface area contributed by atoms with Crippen LogP contribution in [0.3, 0.4) is 0 Å². The number of carbonyl (C=O) groups is 1. The van der Waals surface area contributed by atoms with Crippen molar-refractivity contribution in [3.05, 3.63) is 36.5 Å². The second kappa shape index (κ2) is 37.1. The van der Waals surface area contributed by atoms with Crippen molar-refractivity contribution in [3.63, 3.8) is 0 Å². The van der Waals surface area contributed by atoms with E-state index in [0.717, 1.165) is 44.9 Å². The second-order valence-corrected chi connectivity index (χ2v) is 13.3. The third-order valence-corrected chi connectivity index (χ3v) is 8.92. The van der Waals surface area contributed by atoms with Crippen molar-refractivity contribution in [2.45, 2.75) is 212 Å². The highest BCUT2D eigenvalue weighted by Crippen LogP contribution is 2.15. The molecule has 1 amide bonds. The fourth-order valence-electron chi connectivity index (χ4n) is 5.90. The molecular formula is C41H77NO3. The first-order valence-electron chi connectivity index (χ1n) is 19.7. The highest BCUT2D eigenvalue weighted by atomic mass is 16.3. The molecule has 0 fully saturated rings. The molecule has 4 nitrogen and oxygen atoms in total. The zero-order valence-electron chi connectivity index (χ0n) is 30.1. The highest BCUT2D eigenvalue weighted by Gasteiger charge is 2.19. The fraction of sp³-hybridized carbons (Fsp3) is 0.829. The number of amides is 1. The summed E-state index contributed by atoms with van der Waals surface area (Å²) in [6.07, 6.45) is 47.7. The van der Waals surface area contributed by atoms with E-state index in [1.807, 2.05) is 0 Å². The first kappa shape index (κ1) is 43.6. The number of allylic oxidation sites excluding steroid dienone is 6. The topological polar surface area (TPSA) is 69.6 Å². The summed E-state index contributed by atoms with van der Waals surface area (Å²) >= 11 is 0. The van der Waals surface area contributed by atoms with Crippen molar-refractivity contribution in [2.75, 3.05) is 6.61 Å². The van der Waals surface area contributed by atoms with Gasteiger partial charge in [0.1, 0.15) is 0 Å². The van der Waals surface area contributed by atoms with E-state index in [9.17, 15) is 15.0 Å². The molecular weight excluding hydrogens is 554 g/mol. The zero-order chi connectivity index (χ0) is 32.9. The van der Waals surface area contributed by atoms with Crippen LogP contribution in [0.15, 0.2) is 36.5 Å². The summed E-state index contributed by atoms with van der Waals surface area (Å²) in [5.74, 6) is -0.0425. The van der Waals surface area contributed by atoms with Gasteiger partial charge in [-0.05, 0) is 44.9 Å². The molecule has 0 aliphatic rings. The van der Waals surface area contributed by atoms with Crippen LogP contribution in [0.1, 0.15) is 200 Å². The summed E-state index contributed by atoms with van der Waals surface area (Å²) in [6, 6.07) is -0.540. The molecule has 0 aliphatic heterocycles. The Morgan fingerprint density at radius 3 is 1.47 bits per heavy atom. The maximum absolute atomic E-state index is 12.4. The van der Waals surface area contributed by atoms with Crippen LogP contribution < -0.4 is 5.32 Å². The number of nitrogens with one attached hydrogen (secondary N) is 1. The monoisotopic (exact) mass is 632 g/mol. The van der Waals surface area contributed by atoms with Gasteiger partial charge in [-0.25, -0.2) is 0 Å². The maximum atomic E-state index is 12.4. The van der Waals surface area contributed by atoms with Crippen LogP contribution in [-0.2, 0) is 4.79 Å². The van der Waals surface area contributed by atoms with Gasteiger partial charge >= 0.3 is 0 Å². The molecule has 0 bridgehead atoms. The van der Waals surface area contributed by atoms with E-state index in [1.54, 1.807) is 0 Å². The number of aliphatic hydroxyl groups is 2. The standard InChI is InChI=1S/C41H77NO3/c1-3-5-7-9-11-13-15-17-19-21-23-25-27-29-31-33-35-37-41(45)42-39(38-43)40(44)36-34-32-30-28-26-24-22-20-18-16-14-12-10-8-6-4-2/h5,7,11,13,17,19,39-40,43-44H,3-4,6,8-10,12,14-16,18,20-38H2,1-2H3,(H,42,45)/b7-5-,13-11-,19-17-. The van der Waals surface area contributed by atoms with E-state index in [2.05, 4.69) is 55.6 Å². The SMILES string of the molecule is CC/C=C\C/C=C\C/C=C\CCCCCCCCCC(=O)NC(CO)C(O)CCCCCCCCCCCCCCCCCC. The van der Waals surface area contributed by atoms with Gasteiger partial charge in [-0.1, -0.05) is 185 Å². The predicted octanol–water partition coefficient (Wildman–Crippen LogP) is 11.8. The van der Waals surface area contributed by atoms with Gasteiger partial charge in [0.2, 0.25) is 5.91 Å². The molecule has 4 heteroatoms. The molecule has 0 rings (SSSR count). The molecule has 0 spiro atoms. The third-order valence-electron chi connectivity index (χ3n) is 8.92. The van der Waals surface area contributed by atoms with Gasteiger partial charge in [0.25, 0.3) is 0 Å². The average Bonchev–Trinajstić information content (AvgIpc) is 3.04. The van der Waals surface area contributed by atoms with E-state index in [1.165, 1.54) is 128 Å². The summed E-state index contributed by atoms with van der Waals surface area (Å²) in [7, 11) is 0. The van der Waals surface area contributed by atoms with Gasteiger partial charge in [-0.3, -0.25) is 4.79 Å². The van der Waals surface area contributed by atoms with E-state index in [0.29, 0.717) is 12.8 Å². The Kier molecular flexibility index (Phi) is 35.9. The fourth-order valence-corrected chi connectivity index (χ4v) is 5.90.